The Kier molecular flexibility index (Phi) is 4.67. The Bertz CT molecular complexity index is 994. The summed E-state index contributed by atoms with van der Waals surface area (Å²) in [4.78, 5) is 12.4. The molecule has 0 aliphatic carbocycles. The van der Waals surface area contributed by atoms with Gasteiger partial charge in [-0.2, -0.15) is 8.42 Å². The number of sulfonamides is 1. The molecule has 7 nitrogen and oxygen atoms in total. The average Bonchev–Trinajstić information content (AvgIpc) is 3.27. The van der Waals surface area contributed by atoms with E-state index in [0.717, 1.165) is 19.4 Å². The topological polar surface area (TPSA) is 99.7 Å². The second kappa shape index (κ2) is 7.13. The van der Waals surface area contributed by atoms with Crippen LogP contribution in [-0.4, -0.2) is 39.3 Å². The maximum atomic E-state index is 12.2. The highest BCUT2D eigenvalue weighted by Crippen LogP contribution is 2.26. The lowest BCUT2D eigenvalue weighted by Gasteiger charge is -2.12. The van der Waals surface area contributed by atoms with Gasteiger partial charge in [-0.15, -0.1) is 4.40 Å². The normalized spacial score (nSPS) is 20.0. The molecule has 0 spiro atoms. The summed E-state index contributed by atoms with van der Waals surface area (Å²) < 4.78 is 28.0. The molecule has 0 radical (unpaired) electrons. The van der Waals surface area contributed by atoms with E-state index in [1.54, 1.807) is 42.5 Å². The number of amidine groups is 1. The molecule has 27 heavy (non-hydrogen) atoms. The van der Waals surface area contributed by atoms with Crippen LogP contribution in [0.4, 0.5) is 5.69 Å². The van der Waals surface area contributed by atoms with E-state index in [2.05, 4.69) is 20.3 Å². The number of rotatable bonds is 4. The van der Waals surface area contributed by atoms with E-state index in [0.29, 0.717) is 29.4 Å². The van der Waals surface area contributed by atoms with Gasteiger partial charge in [-0.1, -0.05) is 12.1 Å². The van der Waals surface area contributed by atoms with Crippen LogP contribution < -0.4 is 16.0 Å². The monoisotopic (exact) mass is 384 g/mol. The van der Waals surface area contributed by atoms with Crippen LogP contribution in [0.5, 0.6) is 0 Å². The summed E-state index contributed by atoms with van der Waals surface area (Å²) in [5, 5.41) is 9.30. The van der Waals surface area contributed by atoms with Gasteiger partial charge in [-0.25, -0.2) is 0 Å². The Morgan fingerprint density at radius 3 is 2.67 bits per heavy atom. The fourth-order valence-electron chi connectivity index (χ4n) is 3.29. The highest BCUT2D eigenvalue weighted by atomic mass is 32.2. The minimum atomic E-state index is -3.66. The highest BCUT2D eigenvalue weighted by Gasteiger charge is 2.28. The molecule has 1 atom stereocenters. The number of carbonyl (C=O) groups is 1. The van der Waals surface area contributed by atoms with Crippen LogP contribution in [0, 0.1) is 0 Å². The third-order valence-electron chi connectivity index (χ3n) is 4.71. The largest absolute Gasteiger partial charge is 0.350 e. The Balaban J connectivity index is 1.43. The Hall–Kier alpha value is -2.71. The summed E-state index contributed by atoms with van der Waals surface area (Å²) in [6.45, 7) is 1.62. The van der Waals surface area contributed by atoms with E-state index >= 15 is 0 Å². The van der Waals surface area contributed by atoms with Gasteiger partial charge < -0.3 is 16.0 Å². The number of amides is 1. The molecule has 1 amide bonds. The van der Waals surface area contributed by atoms with E-state index in [1.807, 2.05) is 0 Å². The van der Waals surface area contributed by atoms with E-state index < -0.39 is 10.0 Å². The molecule has 0 bridgehead atoms. The van der Waals surface area contributed by atoms with Crippen LogP contribution in [0.2, 0.25) is 0 Å². The molecule has 2 aromatic carbocycles. The van der Waals surface area contributed by atoms with Gasteiger partial charge in [-0.3, -0.25) is 4.79 Å². The molecule has 1 unspecified atom stereocenters. The summed E-state index contributed by atoms with van der Waals surface area (Å²) in [7, 11) is -3.66. The van der Waals surface area contributed by atoms with E-state index in [9.17, 15) is 13.2 Å². The number of anilines is 1. The van der Waals surface area contributed by atoms with Crippen molar-refractivity contribution in [3.63, 3.8) is 0 Å². The van der Waals surface area contributed by atoms with Crippen molar-refractivity contribution in [3.8, 4) is 0 Å². The molecular formula is C19H20N4O3S. The molecule has 3 N–H and O–H groups in total. The van der Waals surface area contributed by atoms with E-state index in [-0.39, 0.29) is 16.6 Å². The lowest BCUT2D eigenvalue weighted by atomic mass is 10.1. The zero-order valence-corrected chi connectivity index (χ0v) is 15.4. The van der Waals surface area contributed by atoms with Gasteiger partial charge in [0.05, 0.1) is 0 Å². The number of hydrogen-bond donors (Lipinski definition) is 3. The number of benzene rings is 2. The Morgan fingerprint density at radius 1 is 1.15 bits per heavy atom. The fourth-order valence-corrected chi connectivity index (χ4v) is 4.46. The van der Waals surface area contributed by atoms with Crippen LogP contribution in [0.3, 0.4) is 0 Å². The molecule has 140 valence electrons. The smallest absolute Gasteiger partial charge is 0.285 e. The second-order valence-corrected chi connectivity index (χ2v) is 8.19. The average molecular weight is 384 g/mol. The number of carbonyl (C=O) groups excluding carboxylic acids is 1. The molecule has 2 aliphatic rings. The summed E-state index contributed by atoms with van der Waals surface area (Å²) >= 11 is 0. The predicted octanol–water partition coefficient (Wildman–Crippen LogP) is 1.73. The van der Waals surface area contributed by atoms with E-state index in [4.69, 9.17) is 0 Å². The molecule has 0 saturated carbocycles. The third-order valence-corrected chi connectivity index (χ3v) is 6.05. The van der Waals surface area contributed by atoms with Crippen LogP contribution in [0.1, 0.15) is 28.8 Å². The minimum Gasteiger partial charge on any atom is -0.350 e. The van der Waals surface area contributed by atoms with Gasteiger partial charge in [0.1, 0.15) is 4.90 Å². The summed E-state index contributed by atoms with van der Waals surface area (Å²) in [5.74, 6) is 0.163. The van der Waals surface area contributed by atoms with Crippen LogP contribution in [0.15, 0.2) is 57.8 Å². The first-order valence-electron chi connectivity index (χ1n) is 8.86. The quantitative estimate of drug-likeness (QED) is 0.746. The van der Waals surface area contributed by atoms with Crippen LogP contribution in [-0.2, 0) is 10.0 Å². The molecule has 2 aromatic rings. The predicted molar refractivity (Wildman–Crippen MR) is 104 cm³/mol. The standard InChI is InChI=1S/C19H20N4O3S/c24-19(21-12-15-4-3-11-20-15)13-7-9-14(10-8-13)22-18-16-5-1-2-6-17(16)27(25,26)23-18/h1-2,5-10,15,20H,3-4,11-12H2,(H,21,24)(H,22,23). The minimum absolute atomic E-state index is 0.124. The highest BCUT2D eigenvalue weighted by molar-refractivity contribution is 7.90. The number of nitrogens with zero attached hydrogens (tertiary/aromatic N) is 1. The van der Waals surface area contributed by atoms with Crippen molar-refractivity contribution in [2.45, 2.75) is 23.8 Å². The number of fused-ring (bicyclic) bond motifs is 1. The Morgan fingerprint density at radius 2 is 1.93 bits per heavy atom. The van der Waals surface area contributed by atoms with Crippen molar-refractivity contribution in [2.24, 2.45) is 4.40 Å². The SMILES string of the molecule is O=C(NCC1CCCN1)c1ccc(NC2=NS(=O)(=O)c3ccccc32)cc1. The van der Waals surface area contributed by atoms with Crippen molar-refractivity contribution in [1.82, 2.24) is 10.6 Å². The van der Waals surface area contributed by atoms with E-state index in [1.165, 1.54) is 6.07 Å². The molecule has 2 aliphatic heterocycles. The lowest BCUT2D eigenvalue weighted by molar-refractivity contribution is 0.0950. The molecular weight excluding hydrogens is 364 g/mol. The van der Waals surface area contributed by atoms with Gasteiger partial charge in [-0.05, 0) is 55.8 Å². The van der Waals surface area contributed by atoms with Crippen molar-refractivity contribution in [2.75, 3.05) is 18.4 Å². The van der Waals surface area contributed by atoms with Crippen molar-refractivity contribution in [1.29, 1.82) is 0 Å². The van der Waals surface area contributed by atoms with Crippen molar-refractivity contribution >= 4 is 27.5 Å². The lowest BCUT2D eigenvalue weighted by Crippen LogP contribution is -2.37. The summed E-state index contributed by atoms with van der Waals surface area (Å²) in [6.07, 6.45) is 2.22. The van der Waals surface area contributed by atoms with Gasteiger partial charge in [0.15, 0.2) is 5.84 Å². The van der Waals surface area contributed by atoms with Gasteiger partial charge in [0.25, 0.3) is 15.9 Å². The van der Waals surface area contributed by atoms with Crippen molar-refractivity contribution < 1.29 is 13.2 Å². The number of nitrogens with one attached hydrogen (secondary N) is 3. The zero-order chi connectivity index (χ0) is 18.9. The first-order chi connectivity index (χ1) is 13.0. The van der Waals surface area contributed by atoms with Gasteiger partial charge in [0.2, 0.25) is 0 Å². The molecule has 1 saturated heterocycles. The third kappa shape index (κ3) is 3.72. The van der Waals surface area contributed by atoms with Crippen LogP contribution >= 0.6 is 0 Å². The second-order valence-electron chi connectivity index (χ2n) is 6.62. The molecule has 4 rings (SSSR count). The first kappa shape index (κ1) is 17.7. The summed E-state index contributed by atoms with van der Waals surface area (Å²) in [6, 6.07) is 13.9. The maximum absolute atomic E-state index is 12.2. The van der Waals surface area contributed by atoms with Crippen molar-refractivity contribution in [3.05, 3.63) is 59.7 Å². The van der Waals surface area contributed by atoms with Gasteiger partial charge >= 0.3 is 0 Å². The molecule has 8 heteroatoms. The molecule has 0 aromatic heterocycles. The zero-order valence-electron chi connectivity index (χ0n) is 14.6. The maximum Gasteiger partial charge on any atom is 0.285 e. The Labute approximate surface area is 157 Å². The fraction of sp³-hybridized carbons (Fsp3) is 0.263. The summed E-state index contributed by atoms with van der Waals surface area (Å²) in [5.41, 5.74) is 1.76. The first-order valence-corrected chi connectivity index (χ1v) is 10.3. The molecule has 1 fully saturated rings. The van der Waals surface area contributed by atoms with Gasteiger partial charge in [0, 0.05) is 29.4 Å². The van der Waals surface area contributed by atoms with Crippen LogP contribution in [0.25, 0.3) is 0 Å². The molecule has 2 heterocycles. The number of hydrogen-bond acceptors (Lipinski definition) is 5.